The summed E-state index contributed by atoms with van der Waals surface area (Å²) in [5, 5.41) is 51.7. The lowest BCUT2D eigenvalue weighted by molar-refractivity contribution is -0.384. The number of ether oxygens (including phenoxy) is 1. The van der Waals surface area contributed by atoms with E-state index in [1.165, 1.54) is 6.92 Å². The fourth-order valence-corrected chi connectivity index (χ4v) is 2.26. The number of hydrogen-bond donors (Lipinski definition) is 5. The van der Waals surface area contributed by atoms with Crippen LogP contribution in [0.3, 0.4) is 0 Å². The Kier molecular flexibility index (Phi) is 4.80. The maximum atomic E-state index is 11.0. The van der Waals surface area contributed by atoms with Gasteiger partial charge in [-0.15, -0.1) is 0 Å². The lowest BCUT2D eigenvalue weighted by atomic mass is 9.99. The molecule has 10 nitrogen and oxygen atoms in total. The Hall–Kier alpha value is -2.27. The van der Waals surface area contributed by atoms with E-state index in [-0.39, 0.29) is 11.3 Å². The SMILES string of the molecule is C[C@@H]1O[C@@H](Nc2cc(C(=O)O)cc([N+](=O)[O-])c2)[C@H](O)[C@H](O)[C@H]1O. The molecule has 1 saturated heterocycles. The van der Waals surface area contributed by atoms with Crippen LogP contribution in [0.25, 0.3) is 0 Å². The van der Waals surface area contributed by atoms with Gasteiger partial charge < -0.3 is 30.5 Å². The van der Waals surface area contributed by atoms with Gasteiger partial charge in [-0.3, -0.25) is 10.1 Å². The topological polar surface area (TPSA) is 162 Å². The number of rotatable bonds is 4. The number of aliphatic hydroxyl groups excluding tert-OH is 3. The van der Waals surface area contributed by atoms with Crippen LogP contribution < -0.4 is 5.32 Å². The van der Waals surface area contributed by atoms with Crippen molar-refractivity contribution in [3.63, 3.8) is 0 Å². The Morgan fingerprint density at radius 2 is 1.87 bits per heavy atom. The molecule has 0 radical (unpaired) electrons. The first-order chi connectivity index (χ1) is 10.7. The molecule has 5 N–H and O–H groups in total. The van der Waals surface area contributed by atoms with Gasteiger partial charge in [0, 0.05) is 17.8 Å². The molecule has 0 bridgehead atoms. The van der Waals surface area contributed by atoms with E-state index >= 15 is 0 Å². The molecular formula is C13H16N2O8. The molecule has 1 heterocycles. The molecule has 1 fully saturated rings. The van der Waals surface area contributed by atoms with Gasteiger partial charge >= 0.3 is 5.97 Å². The third-order valence-corrected chi connectivity index (χ3v) is 3.54. The fraction of sp³-hybridized carbons (Fsp3) is 0.462. The van der Waals surface area contributed by atoms with Crippen molar-refractivity contribution >= 4 is 17.3 Å². The van der Waals surface area contributed by atoms with Crippen LogP contribution in [-0.2, 0) is 4.74 Å². The molecule has 126 valence electrons. The van der Waals surface area contributed by atoms with E-state index in [1.54, 1.807) is 0 Å². The van der Waals surface area contributed by atoms with Crippen molar-refractivity contribution in [2.24, 2.45) is 0 Å². The molecule has 5 atom stereocenters. The first kappa shape index (κ1) is 17.1. The maximum Gasteiger partial charge on any atom is 0.336 e. The molecule has 0 aromatic heterocycles. The summed E-state index contributed by atoms with van der Waals surface area (Å²) in [6.07, 6.45) is -6.25. The van der Waals surface area contributed by atoms with Crippen LogP contribution in [0.2, 0.25) is 0 Å². The van der Waals surface area contributed by atoms with Crippen LogP contribution >= 0.6 is 0 Å². The summed E-state index contributed by atoms with van der Waals surface area (Å²) in [7, 11) is 0. The van der Waals surface area contributed by atoms with Gasteiger partial charge in [0.1, 0.15) is 18.3 Å². The standard InChI is InChI=1S/C13H16N2O8/c1-5-9(16)10(17)11(18)12(23-5)14-7-2-6(13(19)20)3-8(4-7)15(21)22/h2-5,9-12,14,16-18H,1H3,(H,19,20)/t5-,9-,10+,11+,12+/m0/s1. The van der Waals surface area contributed by atoms with Gasteiger partial charge in [-0.05, 0) is 13.0 Å². The van der Waals surface area contributed by atoms with E-state index in [0.29, 0.717) is 0 Å². The normalized spacial score (nSPS) is 30.7. The number of non-ortho nitro benzene ring substituents is 1. The summed E-state index contributed by atoms with van der Waals surface area (Å²) in [5.41, 5.74) is -0.747. The number of aromatic carboxylic acids is 1. The molecule has 0 amide bonds. The molecule has 10 heteroatoms. The Morgan fingerprint density at radius 3 is 2.43 bits per heavy atom. The average Bonchev–Trinajstić information content (AvgIpc) is 2.50. The zero-order valence-electron chi connectivity index (χ0n) is 12.0. The summed E-state index contributed by atoms with van der Waals surface area (Å²) < 4.78 is 5.30. The minimum absolute atomic E-state index is 0.0245. The van der Waals surface area contributed by atoms with Crippen LogP contribution in [0.15, 0.2) is 18.2 Å². The highest BCUT2D eigenvalue weighted by Gasteiger charge is 2.41. The van der Waals surface area contributed by atoms with Crippen LogP contribution in [-0.4, -0.2) is 62.0 Å². The van der Waals surface area contributed by atoms with Gasteiger partial charge in [-0.1, -0.05) is 0 Å². The molecule has 0 saturated carbocycles. The van der Waals surface area contributed by atoms with Gasteiger partial charge in [-0.25, -0.2) is 4.79 Å². The zero-order chi connectivity index (χ0) is 17.3. The minimum Gasteiger partial charge on any atom is -0.478 e. The van der Waals surface area contributed by atoms with Crippen LogP contribution in [0.5, 0.6) is 0 Å². The van der Waals surface area contributed by atoms with Crippen LogP contribution in [0.1, 0.15) is 17.3 Å². The van der Waals surface area contributed by atoms with E-state index in [4.69, 9.17) is 9.84 Å². The number of nitrogens with one attached hydrogen (secondary N) is 1. The highest BCUT2D eigenvalue weighted by Crippen LogP contribution is 2.26. The highest BCUT2D eigenvalue weighted by atomic mass is 16.6. The number of carboxylic acids is 1. The van der Waals surface area contributed by atoms with Crippen molar-refractivity contribution in [2.45, 2.75) is 37.6 Å². The molecule has 0 aliphatic carbocycles. The molecule has 1 aliphatic heterocycles. The summed E-state index contributed by atoms with van der Waals surface area (Å²) in [6.45, 7) is 1.48. The van der Waals surface area contributed by atoms with E-state index in [1.807, 2.05) is 0 Å². The van der Waals surface area contributed by atoms with E-state index in [2.05, 4.69) is 5.32 Å². The minimum atomic E-state index is -1.51. The van der Waals surface area contributed by atoms with Gasteiger partial charge in [-0.2, -0.15) is 0 Å². The van der Waals surface area contributed by atoms with E-state index in [0.717, 1.165) is 18.2 Å². The molecule has 1 aromatic carbocycles. The van der Waals surface area contributed by atoms with Crippen molar-refractivity contribution < 1.29 is 34.9 Å². The second-order valence-corrected chi connectivity index (χ2v) is 5.21. The highest BCUT2D eigenvalue weighted by molar-refractivity contribution is 5.90. The Labute approximate surface area is 130 Å². The van der Waals surface area contributed by atoms with Crippen molar-refractivity contribution in [3.05, 3.63) is 33.9 Å². The second-order valence-electron chi connectivity index (χ2n) is 5.21. The van der Waals surface area contributed by atoms with Crippen LogP contribution in [0, 0.1) is 10.1 Å². The Balaban J connectivity index is 2.28. The predicted molar refractivity (Wildman–Crippen MR) is 76.0 cm³/mol. The number of hydrogen-bond acceptors (Lipinski definition) is 8. The second kappa shape index (κ2) is 6.46. The molecule has 23 heavy (non-hydrogen) atoms. The lowest BCUT2D eigenvalue weighted by Gasteiger charge is -2.39. The number of nitro benzene ring substituents is 1. The lowest BCUT2D eigenvalue weighted by Crippen LogP contribution is -2.58. The first-order valence-electron chi connectivity index (χ1n) is 6.69. The third-order valence-electron chi connectivity index (χ3n) is 3.54. The monoisotopic (exact) mass is 328 g/mol. The molecule has 1 aromatic rings. The van der Waals surface area contributed by atoms with Gasteiger partial charge in [0.25, 0.3) is 5.69 Å². The largest absolute Gasteiger partial charge is 0.478 e. The van der Waals surface area contributed by atoms with Crippen LogP contribution in [0.4, 0.5) is 11.4 Å². The zero-order valence-corrected chi connectivity index (χ0v) is 12.0. The summed E-state index contributed by atoms with van der Waals surface area (Å²) in [5.74, 6) is -1.36. The smallest absolute Gasteiger partial charge is 0.336 e. The number of aliphatic hydroxyl groups is 3. The van der Waals surface area contributed by atoms with Crippen molar-refractivity contribution in [1.29, 1.82) is 0 Å². The van der Waals surface area contributed by atoms with Crippen molar-refractivity contribution in [3.8, 4) is 0 Å². The molecule has 0 spiro atoms. The van der Waals surface area contributed by atoms with Crippen molar-refractivity contribution in [2.75, 3.05) is 5.32 Å². The van der Waals surface area contributed by atoms with Gasteiger partial charge in [0.05, 0.1) is 16.6 Å². The number of carboxylic acid groups (broad SMARTS) is 1. The average molecular weight is 328 g/mol. The number of nitro groups is 1. The Morgan fingerprint density at radius 1 is 1.22 bits per heavy atom. The maximum absolute atomic E-state index is 11.0. The fourth-order valence-electron chi connectivity index (χ4n) is 2.26. The summed E-state index contributed by atoms with van der Waals surface area (Å²) in [6, 6.07) is 3.10. The predicted octanol–water partition coefficient (Wildman–Crippen LogP) is -0.468. The van der Waals surface area contributed by atoms with Gasteiger partial charge in [0.2, 0.25) is 0 Å². The Bertz CT molecular complexity index is 590. The van der Waals surface area contributed by atoms with Crippen molar-refractivity contribution in [1.82, 2.24) is 0 Å². The number of anilines is 1. The molecular weight excluding hydrogens is 312 g/mol. The number of carbonyl (C=O) groups is 1. The summed E-state index contributed by atoms with van der Waals surface area (Å²) >= 11 is 0. The quantitative estimate of drug-likeness (QED) is 0.363. The first-order valence-corrected chi connectivity index (χ1v) is 6.69. The van der Waals surface area contributed by atoms with E-state index < -0.39 is 47.2 Å². The molecule has 0 unspecified atom stereocenters. The third kappa shape index (κ3) is 3.56. The number of nitrogens with zero attached hydrogens (tertiary/aromatic N) is 1. The van der Waals surface area contributed by atoms with Gasteiger partial charge in [0.15, 0.2) is 6.23 Å². The summed E-state index contributed by atoms with van der Waals surface area (Å²) in [4.78, 5) is 21.1. The van der Waals surface area contributed by atoms with E-state index in [9.17, 15) is 30.2 Å². The molecule has 1 aliphatic rings. The molecule has 2 rings (SSSR count). The number of benzene rings is 1.